The number of amides is 1. The van der Waals surface area contributed by atoms with Crippen molar-refractivity contribution in [1.29, 1.82) is 0 Å². The lowest BCUT2D eigenvalue weighted by molar-refractivity contribution is -0.121. The third-order valence-corrected chi connectivity index (χ3v) is 4.24. The van der Waals surface area contributed by atoms with Gasteiger partial charge < -0.3 is 11.1 Å². The molecule has 110 valence electrons. The summed E-state index contributed by atoms with van der Waals surface area (Å²) in [6.45, 7) is 4.83. The van der Waals surface area contributed by atoms with Gasteiger partial charge in [-0.25, -0.2) is 0 Å². The first-order valence-electron chi connectivity index (χ1n) is 7.69. The summed E-state index contributed by atoms with van der Waals surface area (Å²) >= 11 is 0. The minimum atomic E-state index is 0.119. The number of carbonyl (C=O) groups is 1. The molecule has 1 amide bonds. The van der Waals surface area contributed by atoms with E-state index in [9.17, 15) is 4.79 Å². The number of rotatable bonds is 7. The molecule has 1 aromatic carbocycles. The standard InChI is InChI=1S/C17H26N2O/c1-3-13(14-6-4-12(2)5-7-14)10-17(20)19-11-16(18)15-8-9-15/h4-7,13,15-16H,3,8-11,18H2,1-2H3,(H,19,20). The second-order valence-electron chi connectivity index (χ2n) is 6.03. The van der Waals surface area contributed by atoms with E-state index in [1.54, 1.807) is 0 Å². The molecule has 2 atom stereocenters. The molecule has 1 aliphatic carbocycles. The zero-order valence-electron chi connectivity index (χ0n) is 12.6. The van der Waals surface area contributed by atoms with Crippen LogP contribution in [0.4, 0.5) is 0 Å². The molecule has 2 unspecified atom stereocenters. The molecule has 0 aromatic heterocycles. The number of benzene rings is 1. The van der Waals surface area contributed by atoms with E-state index in [0.29, 0.717) is 24.8 Å². The Bertz CT molecular complexity index is 437. The minimum Gasteiger partial charge on any atom is -0.355 e. The Labute approximate surface area is 121 Å². The van der Waals surface area contributed by atoms with Crippen molar-refractivity contribution in [2.45, 2.75) is 51.5 Å². The largest absolute Gasteiger partial charge is 0.355 e. The molecule has 0 saturated heterocycles. The highest BCUT2D eigenvalue weighted by atomic mass is 16.1. The Balaban J connectivity index is 1.82. The molecule has 3 N–H and O–H groups in total. The quantitative estimate of drug-likeness (QED) is 0.803. The van der Waals surface area contributed by atoms with Crippen LogP contribution >= 0.6 is 0 Å². The molecule has 2 rings (SSSR count). The SMILES string of the molecule is CCC(CC(=O)NCC(N)C1CC1)c1ccc(C)cc1. The molecule has 3 heteroatoms. The van der Waals surface area contributed by atoms with Gasteiger partial charge in [0.05, 0.1) is 0 Å². The van der Waals surface area contributed by atoms with E-state index in [1.165, 1.54) is 24.0 Å². The summed E-state index contributed by atoms with van der Waals surface area (Å²) < 4.78 is 0. The van der Waals surface area contributed by atoms with Gasteiger partial charge in [0.25, 0.3) is 0 Å². The maximum atomic E-state index is 12.0. The number of nitrogens with one attached hydrogen (secondary N) is 1. The highest BCUT2D eigenvalue weighted by Gasteiger charge is 2.28. The van der Waals surface area contributed by atoms with Crippen molar-refractivity contribution >= 4 is 5.91 Å². The van der Waals surface area contributed by atoms with Gasteiger partial charge in [-0.2, -0.15) is 0 Å². The van der Waals surface area contributed by atoms with Crippen LogP contribution in [0.2, 0.25) is 0 Å². The van der Waals surface area contributed by atoms with Crippen molar-refractivity contribution in [3.05, 3.63) is 35.4 Å². The molecule has 1 aliphatic rings. The zero-order valence-corrected chi connectivity index (χ0v) is 12.6. The van der Waals surface area contributed by atoms with Crippen LogP contribution in [0, 0.1) is 12.8 Å². The number of nitrogens with two attached hydrogens (primary N) is 1. The molecule has 3 nitrogen and oxygen atoms in total. The van der Waals surface area contributed by atoms with Gasteiger partial charge in [-0.15, -0.1) is 0 Å². The fourth-order valence-electron chi connectivity index (χ4n) is 2.56. The van der Waals surface area contributed by atoms with Crippen molar-refractivity contribution in [1.82, 2.24) is 5.32 Å². The molecule has 0 spiro atoms. The molecule has 20 heavy (non-hydrogen) atoms. The summed E-state index contributed by atoms with van der Waals surface area (Å²) in [5, 5.41) is 2.99. The molecule has 0 aliphatic heterocycles. The van der Waals surface area contributed by atoms with E-state index < -0.39 is 0 Å². The third-order valence-electron chi connectivity index (χ3n) is 4.24. The third kappa shape index (κ3) is 4.34. The van der Waals surface area contributed by atoms with Gasteiger partial charge in [-0.05, 0) is 43.6 Å². The van der Waals surface area contributed by atoms with Gasteiger partial charge in [0.15, 0.2) is 0 Å². The van der Waals surface area contributed by atoms with Crippen molar-refractivity contribution in [2.75, 3.05) is 6.54 Å². The van der Waals surface area contributed by atoms with Crippen LogP contribution in [0.5, 0.6) is 0 Å². The van der Waals surface area contributed by atoms with Crippen LogP contribution in [0.1, 0.15) is 49.7 Å². The normalized spacial score (nSPS) is 17.6. The van der Waals surface area contributed by atoms with Crippen LogP contribution in [-0.2, 0) is 4.79 Å². The van der Waals surface area contributed by atoms with Crippen molar-refractivity contribution in [3.63, 3.8) is 0 Å². The fourth-order valence-corrected chi connectivity index (χ4v) is 2.56. The van der Waals surface area contributed by atoms with Crippen LogP contribution in [-0.4, -0.2) is 18.5 Å². The van der Waals surface area contributed by atoms with E-state index in [2.05, 4.69) is 43.4 Å². The Morgan fingerprint density at radius 3 is 2.55 bits per heavy atom. The van der Waals surface area contributed by atoms with Crippen molar-refractivity contribution < 1.29 is 4.79 Å². The summed E-state index contributed by atoms with van der Waals surface area (Å²) in [5.41, 5.74) is 8.51. The number of aryl methyl sites for hydroxylation is 1. The van der Waals surface area contributed by atoms with Gasteiger partial charge in [0.1, 0.15) is 0 Å². The van der Waals surface area contributed by atoms with Gasteiger partial charge in [0, 0.05) is 19.0 Å². The van der Waals surface area contributed by atoms with Gasteiger partial charge in [-0.3, -0.25) is 4.79 Å². The second-order valence-corrected chi connectivity index (χ2v) is 6.03. The molecule has 0 bridgehead atoms. The smallest absolute Gasteiger partial charge is 0.220 e. The van der Waals surface area contributed by atoms with E-state index in [-0.39, 0.29) is 11.9 Å². The summed E-state index contributed by atoms with van der Waals surface area (Å²) in [6.07, 6.45) is 3.97. The molecular weight excluding hydrogens is 248 g/mol. The summed E-state index contributed by atoms with van der Waals surface area (Å²) in [6, 6.07) is 8.62. The van der Waals surface area contributed by atoms with Gasteiger partial charge in [-0.1, -0.05) is 36.8 Å². The molecule has 0 heterocycles. The van der Waals surface area contributed by atoms with Crippen molar-refractivity contribution in [3.8, 4) is 0 Å². The molecular formula is C17H26N2O. The van der Waals surface area contributed by atoms with Crippen LogP contribution in [0.3, 0.4) is 0 Å². The van der Waals surface area contributed by atoms with E-state index in [0.717, 1.165) is 6.42 Å². The summed E-state index contributed by atoms with van der Waals surface area (Å²) in [7, 11) is 0. The Morgan fingerprint density at radius 2 is 2.00 bits per heavy atom. The average molecular weight is 274 g/mol. The van der Waals surface area contributed by atoms with Crippen LogP contribution < -0.4 is 11.1 Å². The Kier molecular flexibility index (Phi) is 5.18. The number of hydrogen-bond acceptors (Lipinski definition) is 2. The van der Waals surface area contributed by atoms with Crippen LogP contribution in [0.15, 0.2) is 24.3 Å². The summed E-state index contributed by atoms with van der Waals surface area (Å²) in [4.78, 5) is 12.0. The predicted molar refractivity (Wildman–Crippen MR) is 82.5 cm³/mol. The number of hydrogen-bond donors (Lipinski definition) is 2. The first kappa shape index (κ1) is 15.0. The molecule has 1 saturated carbocycles. The van der Waals surface area contributed by atoms with E-state index in [4.69, 9.17) is 5.73 Å². The first-order valence-corrected chi connectivity index (χ1v) is 7.69. The van der Waals surface area contributed by atoms with E-state index >= 15 is 0 Å². The van der Waals surface area contributed by atoms with Crippen LogP contribution in [0.25, 0.3) is 0 Å². The van der Waals surface area contributed by atoms with Gasteiger partial charge in [0.2, 0.25) is 5.91 Å². The predicted octanol–water partition coefficient (Wildman–Crippen LogP) is 2.73. The van der Waals surface area contributed by atoms with Gasteiger partial charge >= 0.3 is 0 Å². The lowest BCUT2D eigenvalue weighted by atomic mass is 9.92. The zero-order chi connectivity index (χ0) is 14.5. The maximum absolute atomic E-state index is 12.0. The monoisotopic (exact) mass is 274 g/mol. The second kappa shape index (κ2) is 6.89. The fraction of sp³-hybridized carbons (Fsp3) is 0.588. The summed E-state index contributed by atoms with van der Waals surface area (Å²) in [5.74, 6) is 1.05. The van der Waals surface area contributed by atoms with E-state index in [1.807, 2.05) is 0 Å². The Morgan fingerprint density at radius 1 is 1.35 bits per heavy atom. The minimum absolute atomic E-state index is 0.119. The maximum Gasteiger partial charge on any atom is 0.220 e. The molecule has 1 fully saturated rings. The lowest BCUT2D eigenvalue weighted by Gasteiger charge is -2.17. The molecule has 0 radical (unpaired) electrons. The van der Waals surface area contributed by atoms with Crippen molar-refractivity contribution in [2.24, 2.45) is 11.7 Å². The lowest BCUT2D eigenvalue weighted by Crippen LogP contribution is -2.38. The molecule has 1 aromatic rings. The Hall–Kier alpha value is -1.35. The number of carbonyl (C=O) groups excluding carboxylic acids is 1. The topological polar surface area (TPSA) is 55.1 Å². The first-order chi connectivity index (χ1) is 9.60. The highest BCUT2D eigenvalue weighted by Crippen LogP contribution is 2.31. The average Bonchev–Trinajstić information content (AvgIpc) is 3.28. The highest BCUT2D eigenvalue weighted by molar-refractivity contribution is 5.76.